The minimum atomic E-state index is -1.09. The Morgan fingerprint density at radius 1 is 1.40 bits per heavy atom. The highest BCUT2D eigenvalue weighted by molar-refractivity contribution is 5.93. The highest BCUT2D eigenvalue weighted by atomic mass is 19.2. The van der Waals surface area contributed by atoms with E-state index in [-0.39, 0.29) is 12.4 Å². The topological polar surface area (TPSA) is 47.6 Å². The lowest BCUT2D eigenvalue weighted by atomic mass is 10.2. The van der Waals surface area contributed by atoms with Gasteiger partial charge in [-0.2, -0.15) is 0 Å². The summed E-state index contributed by atoms with van der Waals surface area (Å²) in [7, 11) is 1.38. The number of nitrogens with one attached hydrogen (secondary N) is 1. The van der Waals surface area contributed by atoms with Crippen molar-refractivity contribution in [3.63, 3.8) is 0 Å². The van der Waals surface area contributed by atoms with Gasteiger partial charge in [-0.15, -0.1) is 0 Å². The molecule has 0 atom stereocenters. The Morgan fingerprint density at radius 2 is 2.13 bits per heavy atom. The fraction of sp³-hybridized carbons (Fsp3) is 0.222. The smallest absolute Gasteiger partial charge is 0.275 e. The van der Waals surface area contributed by atoms with Crippen LogP contribution >= 0.6 is 0 Å². The third-order valence-electron chi connectivity index (χ3n) is 1.52. The molecule has 4 nitrogen and oxygen atoms in total. The second kappa shape index (κ2) is 5.38. The Labute approximate surface area is 84.7 Å². The first kappa shape index (κ1) is 11.5. The molecule has 15 heavy (non-hydrogen) atoms. The number of carbonyl (C=O) groups is 1. The first-order valence-electron chi connectivity index (χ1n) is 4.01. The van der Waals surface area contributed by atoms with E-state index in [0.29, 0.717) is 0 Å². The molecule has 1 aromatic rings. The number of methoxy groups -OCH3 is 1. The zero-order valence-electron chi connectivity index (χ0n) is 7.92. The molecule has 0 spiro atoms. The largest absolute Gasteiger partial charge is 0.356 e. The molecule has 1 rings (SSSR count). The maximum atomic E-state index is 12.7. The van der Waals surface area contributed by atoms with Gasteiger partial charge >= 0.3 is 0 Å². The highest BCUT2D eigenvalue weighted by Gasteiger charge is 2.09. The molecule has 0 saturated heterocycles. The second-order valence-electron chi connectivity index (χ2n) is 2.61. The number of rotatable bonds is 4. The van der Waals surface area contributed by atoms with Crippen LogP contribution < -0.4 is 5.48 Å². The zero-order valence-corrected chi connectivity index (χ0v) is 7.92. The van der Waals surface area contributed by atoms with Crippen LogP contribution in [0.1, 0.15) is 10.4 Å². The molecule has 82 valence electrons. The van der Waals surface area contributed by atoms with E-state index in [1.54, 1.807) is 0 Å². The van der Waals surface area contributed by atoms with Gasteiger partial charge in [0.2, 0.25) is 0 Å². The lowest BCUT2D eigenvalue weighted by Crippen LogP contribution is -2.24. The van der Waals surface area contributed by atoms with Crippen molar-refractivity contribution in [2.24, 2.45) is 0 Å². The highest BCUT2D eigenvalue weighted by Crippen LogP contribution is 2.08. The van der Waals surface area contributed by atoms with Gasteiger partial charge in [0.1, 0.15) is 0 Å². The van der Waals surface area contributed by atoms with Crippen molar-refractivity contribution in [1.82, 2.24) is 5.48 Å². The van der Waals surface area contributed by atoms with Gasteiger partial charge in [-0.1, -0.05) is 0 Å². The Morgan fingerprint density at radius 3 is 2.73 bits per heavy atom. The van der Waals surface area contributed by atoms with Crippen molar-refractivity contribution in [2.45, 2.75) is 0 Å². The van der Waals surface area contributed by atoms with Crippen molar-refractivity contribution in [3.8, 4) is 0 Å². The number of hydroxylamine groups is 1. The summed E-state index contributed by atoms with van der Waals surface area (Å²) in [6.07, 6.45) is 0. The van der Waals surface area contributed by atoms with E-state index >= 15 is 0 Å². The molecule has 1 N–H and O–H groups in total. The molecule has 0 aliphatic heterocycles. The summed E-state index contributed by atoms with van der Waals surface area (Å²) in [5, 5.41) is 0. The van der Waals surface area contributed by atoms with E-state index < -0.39 is 17.5 Å². The fourth-order valence-electron chi connectivity index (χ4n) is 0.850. The van der Waals surface area contributed by atoms with Crippen molar-refractivity contribution < 1.29 is 23.1 Å². The molecule has 0 aliphatic rings. The third kappa shape index (κ3) is 3.26. The van der Waals surface area contributed by atoms with Crippen molar-refractivity contribution in [3.05, 3.63) is 35.4 Å². The molecule has 0 saturated carbocycles. The van der Waals surface area contributed by atoms with Gasteiger partial charge in [0.05, 0.1) is 0 Å². The summed E-state index contributed by atoms with van der Waals surface area (Å²) in [4.78, 5) is 15.7. The van der Waals surface area contributed by atoms with Crippen LogP contribution in [0.15, 0.2) is 18.2 Å². The van der Waals surface area contributed by atoms with Crippen LogP contribution in [0.3, 0.4) is 0 Å². The van der Waals surface area contributed by atoms with E-state index in [1.165, 1.54) is 7.11 Å². The summed E-state index contributed by atoms with van der Waals surface area (Å²) in [5.41, 5.74) is 1.96. The second-order valence-corrected chi connectivity index (χ2v) is 2.61. The van der Waals surface area contributed by atoms with Gasteiger partial charge in [-0.05, 0) is 18.2 Å². The lowest BCUT2D eigenvalue weighted by Gasteiger charge is -2.04. The number of hydrogen-bond acceptors (Lipinski definition) is 3. The molecule has 0 unspecified atom stereocenters. The number of ether oxygens (including phenoxy) is 1. The Hall–Kier alpha value is -1.53. The summed E-state index contributed by atoms with van der Waals surface area (Å²) in [6, 6.07) is 2.78. The Balaban J connectivity index is 2.62. The normalized spacial score (nSPS) is 10.1. The van der Waals surface area contributed by atoms with Gasteiger partial charge in [0.15, 0.2) is 18.4 Å². The van der Waals surface area contributed by atoms with Crippen LogP contribution in [0.5, 0.6) is 0 Å². The van der Waals surface area contributed by atoms with E-state index in [4.69, 9.17) is 0 Å². The standard InChI is InChI=1S/C9H9F2NO3/c1-14-5-15-12-9(13)6-2-3-7(10)8(11)4-6/h2-4H,5H2,1H3,(H,12,13). The van der Waals surface area contributed by atoms with Crippen LogP contribution in [0.2, 0.25) is 0 Å². The molecular weight excluding hydrogens is 208 g/mol. The average molecular weight is 217 g/mol. The van der Waals surface area contributed by atoms with Crippen molar-refractivity contribution in [1.29, 1.82) is 0 Å². The van der Waals surface area contributed by atoms with Crippen molar-refractivity contribution >= 4 is 5.91 Å². The van der Waals surface area contributed by atoms with Crippen LogP contribution in [-0.2, 0) is 9.57 Å². The van der Waals surface area contributed by atoms with E-state index in [2.05, 4.69) is 9.57 Å². The Bertz CT molecular complexity index is 357. The minimum absolute atomic E-state index is 0.0370. The van der Waals surface area contributed by atoms with Gasteiger partial charge in [-0.3, -0.25) is 4.79 Å². The quantitative estimate of drug-likeness (QED) is 0.468. The summed E-state index contributed by atoms with van der Waals surface area (Å²) >= 11 is 0. The summed E-state index contributed by atoms with van der Waals surface area (Å²) in [5.74, 6) is -2.77. The van der Waals surface area contributed by atoms with Crippen LogP contribution in [0, 0.1) is 11.6 Å². The zero-order chi connectivity index (χ0) is 11.3. The van der Waals surface area contributed by atoms with E-state index in [0.717, 1.165) is 18.2 Å². The van der Waals surface area contributed by atoms with Gasteiger partial charge in [0.25, 0.3) is 5.91 Å². The summed E-state index contributed by atoms with van der Waals surface area (Å²) in [6.45, 7) is -0.130. The number of hydrogen-bond donors (Lipinski definition) is 1. The molecule has 0 bridgehead atoms. The summed E-state index contributed by atoms with van der Waals surface area (Å²) < 4.78 is 29.7. The van der Waals surface area contributed by atoms with Gasteiger partial charge in [-0.25, -0.2) is 19.1 Å². The number of carbonyl (C=O) groups excluding carboxylic acids is 1. The van der Waals surface area contributed by atoms with E-state index in [1.807, 2.05) is 5.48 Å². The van der Waals surface area contributed by atoms with Crippen LogP contribution in [-0.4, -0.2) is 19.8 Å². The average Bonchev–Trinajstić information content (AvgIpc) is 2.22. The SMILES string of the molecule is COCONC(=O)c1ccc(F)c(F)c1. The van der Waals surface area contributed by atoms with Gasteiger partial charge < -0.3 is 4.74 Å². The Kier molecular flexibility index (Phi) is 4.14. The minimum Gasteiger partial charge on any atom is -0.356 e. The number of benzene rings is 1. The van der Waals surface area contributed by atoms with Crippen LogP contribution in [0.4, 0.5) is 8.78 Å². The molecule has 0 aromatic heterocycles. The predicted octanol–water partition coefficient (Wildman–Crippen LogP) is 1.23. The molecule has 0 aliphatic carbocycles. The molecule has 0 fully saturated rings. The van der Waals surface area contributed by atoms with E-state index in [9.17, 15) is 13.6 Å². The molecule has 6 heteroatoms. The fourth-order valence-corrected chi connectivity index (χ4v) is 0.850. The maximum absolute atomic E-state index is 12.7. The monoisotopic (exact) mass is 217 g/mol. The molecule has 1 amide bonds. The van der Waals surface area contributed by atoms with Crippen LogP contribution in [0.25, 0.3) is 0 Å². The molecule has 0 radical (unpaired) electrons. The molecular formula is C9H9F2NO3. The first-order chi connectivity index (χ1) is 7.15. The maximum Gasteiger partial charge on any atom is 0.275 e. The lowest BCUT2D eigenvalue weighted by molar-refractivity contribution is -0.0704. The van der Waals surface area contributed by atoms with Crippen molar-refractivity contribution in [2.75, 3.05) is 13.9 Å². The molecule has 1 aromatic carbocycles. The first-order valence-corrected chi connectivity index (χ1v) is 4.01. The number of amides is 1. The molecule has 0 heterocycles. The third-order valence-corrected chi connectivity index (χ3v) is 1.52. The number of halogens is 2. The predicted molar refractivity (Wildman–Crippen MR) is 46.8 cm³/mol. The van der Waals surface area contributed by atoms with Gasteiger partial charge in [0, 0.05) is 12.7 Å².